The summed E-state index contributed by atoms with van der Waals surface area (Å²) in [5, 5.41) is 9.50. The normalized spacial score (nSPS) is 16.2. The maximum atomic E-state index is 12.5. The van der Waals surface area contributed by atoms with Gasteiger partial charge < -0.3 is 5.11 Å². The standard InChI is InChI=1S/C14H14N2O3S/c1-8(13(18)19)20-14-15-11-5-3-2-4-10(11)12(17)16(14)9-6-7-9/h2-5,8-9H,6-7H2,1H3,(H,18,19)/t8-/m1/s1. The molecule has 0 radical (unpaired) electrons. The lowest BCUT2D eigenvalue weighted by Crippen LogP contribution is -2.24. The molecule has 0 spiro atoms. The van der Waals surface area contributed by atoms with Gasteiger partial charge in [0.1, 0.15) is 5.25 Å². The first-order chi connectivity index (χ1) is 9.58. The Morgan fingerprint density at radius 2 is 2.15 bits per heavy atom. The minimum absolute atomic E-state index is 0.0711. The van der Waals surface area contributed by atoms with Gasteiger partial charge in [-0.25, -0.2) is 4.98 Å². The van der Waals surface area contributed by atoms with Gasteiger partial charge in [-0.1, -0.05) is 23.9 Å². The zero-order valence-electron chi connectivity index (χ0n) is 10.9. The first-order valence-corrected chi connectivity index (χ1v) is 7.36. The summed E-state index contributed by atoms with van der Waals surface area (Å²) in [5.41, 5.74) is 0.549. The van der Waals surface area contributed by atoms with Gasteiger partial charge in [0.2, 0.25) is 0 Å². The molecular formula is C14H14N2O3S. The molecule has 20 heavy (non-hydrogen) atoms. The first kappa shape index (κ1) is 13.2. The highest BCUT2D eigenvalue weighted by Gasteiger charge is 2.29. The molecule has 0 saturated heterocycles. The number of aliphatic carboxylic acids is 1. The molecule has 104 valence electrons. The molecule has 1 N–H and O–H groups in total. The zero-order chi connectivity index (χ0) is 14.3. The summed E-state index contributed by atoms with van der Waals surface area (Å²) in [6.45, 7) is 1.60. The van der Waals surface area contributed by atoms with Crippen molar-refractivity contribution in [3.8, 4) is 0 Å². The van der Waals surface area contributed by atoms with Crippen LogP contribution in [0.3, 0.4) is 0 Å². The maximum absolute atomic E-state index is 12.5. The Labute approximate surface area is 119 Å². The lowest BCUT2D eigenvalue weighted by atomic mass is 10.2. The van der Waals surface area contributed by atoms with Crippen LogP contribution in [0.15, 0.2) is 34.2 Å². The molecule has 1 fully saturated rings. The first-order valence-electron chi connectivity index (χ1n) is 6.48. The van der Waals surface area contributed by atoms with Crippen molar-refractivity contribution >= 4 is 28.6 Å². The summed E-state index contributed by atoms with van der Waals surface area (Å²) in [6.07, 6.45) is 1.91. The number of fused-ring (bicyclic) bond motifs is 1. The summed E-state index contributed by atoms with van der Waals surface area (Å²) >= 11 is 1.13. The van der Waals surface area contributed by atoms with E-state index in [0.29, 0.717) is 16.1 Å². The monoisotopic (exact) mass is 290 g/mol. The third-order valence-electron chi connectivity index (χ3n) is 3.32. The Morgan fingerprint density at radius 1 is 1.45 bits per heavy atom. The van der Waals surface area contributed by atoms with Crippen LogP contribution in [0.5, 0.6) is 0 Å². The zero-order valence-corrected chi connectivity index (χ0v) is 11.8. The molecule has 5 nitrogen and oxygen atoms in total. The van der Waals surface area contributed by atoms with E-state index in [4.69, 9.17) is 5.11 Å². The Kier molecular flexibility index (Phi) is 3.25. The van der Waals surface area contributed by atoms with Crippen molar-refractivity contribution in [2.24, 2.45) is 0 Å². The summed E-state index contributed by atoms with van der Waals surface area (Å²) in [6, 6.07) is 7.35. The quantitative estimate of drug-likeness (QED) is 0.691. The van der Waals surface area contributed by atoms with Crippen LogP contribution < -0.4 is 5.56 Å². The van der Waals surface area contributed by atoms with E-state index in [0.717, 1.165) is 24.6 Å². The van der Waals surface area contributed by atoms with Gasteiger partial charge in [-0.15, -0.1) is 0 Å². The number of hydrogen-bond donors (Lipinski definition) is 1. The van der Waals surface area contributed by atoms with Crippen LogP contribution in [-0.4, -0.2) is 25.9 Å². The highest BCUT2D eigenvalue weighted by molar-refractivity contribution is 8.00. The molecule has 0 bridgehead atoms. The molecular weight excluding hydrogens is 276 g/mol. The fraction of sp³-hybridized carbons (Fsp3) is 0.357. The van der Waals surface area contributed by atoms with E-state index >= 15 is 0 Å². The number of carboxylic acid groups (broad SMARTS) is 1. The molecule has 1 heterocycles. The van der Waals surface area contributed by atoms with Crippen molar-refractivity contribution in [2.75, 3.05) is 0 Å². The van der Waals surface area contributed by atoms with Gasteiger partial charge in [0, 0.05) is 6.04 Å². The summed E-state index contributed by atoms with van der Waals surface area (Å²) in [5.74, 6) is -0.903. The number of carboxylic acids is 1. The fourth-order valence-corrected chi connectivity index (χ4v) is 2.99. The van der Waals surface area contributed by atoms with Crippen molar-refractivity contribution in [1.29, 1.82) is 0 Å². The van der Waals surface area contributed by atoms with Gasteiger partial charge in [0.05, 0.1) is 10.9 Å². The summed E-state index contributed by atoms with van der Waals surface area (Å²) in [7, 11) is 0. The van der Waals surface area contributed by atoms with Gasteiger partial charge in [-0.05, 0) is 31.9 Å². The molecule has 2 aromatic rings. The average Bonchev–Trinajstić information content (AvgIpc) is 3.23. The maximum Gasteiger partial charge on any atom is 0.316 e. The van der Waals surface area contributed by atoms with Crippen molar-refractivity contribution in [2.45, 2.75) is 36.2 Å². The lowest BCUT2D eigenvalue weighted by molar-refractivity contribution is -0.136. The number of rotatable bonds is 4. The van der Waals surface area contributed by atoms with Crippen LogP contribution in [0.2, 0.25) is 0 Å². The number of aromatic nitrogens is 2. The van der Waals surface area contributed by atoms with E-state index < -0.39 is 11.2 Å². The number of thioether (sulfide) groups is 1. The van der Waals surface area contributed by atoms with E-state index in [-0.39, 0.29) is 11.6 Å². The molecule has 6 heteroatoms. The van der Waals surface area contributed by atoms with Gasteiger partial charge in [-0.3, -0.25) is 14.2 Å². The number of benzene rings is 1. The molecule has 0 unspecified atom stereocenters. The molecule has 1 aliphatic rings. The van der Waals surface area contributed by atoms with Crippen molar-refractivity contribution in [3.05, 3.63) is 34.6 Å². The summed E-state index contributed by atoms with van der Waals surface area (Å²) in [4.78, 5) is 28.0. The summed E-state index contributed by atoms with van der Waals surface area (Å²) < 4.78 is 1.66. The third-order valence-corrected chi connectivity index (χ3v) is 4.37. The minimum Gasteiger partial charge on any atom is -0.480 e. The molecule has 3 rings (SSSR count). The lowest BCUT2D eigenvalue weighted by Gasteiger charge is -2.13. The highest BCUT2D eigenvalue weighted by Crippen LogP contribution is 2.37. The topological polar surface area (TPSA) is 72.2 Å². The van der Waals surface area contributed by atoms with Gasteiger partial charge in [0.25, 0.3) is 5.56 Å². The molecule has 0 amide bonds. The van der Waals surface area contributed by atoms with Crippen molar-refractivity contribution < 1.29 is 9.90 Å². The smallest absolute Gasteiger partial charge is 0.316 e. The average molecular weight is 290 g/mol. The number of hydrogen-bond acceptors (Lipinski definition) is 4. The van der Waals surface area contributed by atoms with Gasteiger partial charge >= 0.3 is 5.97 Å². The van der Waals surface area contributed by atoms with Crippen LogP contribution in [0.4, 0.5) is 0 Å². The molecule has 1 atom stereocenters. The van der Waals surface area contributed by atoms with Crippen LogP contribution in [0, 0.1) is 0 Å². The largest absolute Gasteiger partial charge is 0.480 e. The predicted octanol–water partition coefficient (Wildman–Crippen LogP) is 2.30. The van der Waals surface area contributed by atoms with E-state index in [2.05, 4.69) is 4.98 Å². The highest BCUT2D eigenvalue weighted by atomic mass is 32.2. The Balaban J connectivity index is 2.16. The second kappa shape index (κ2) is 4.94. The van der Waals surface area contributed by atoms with Gasteiger partial charge in [-0.2, -0.15) is 0 Å². The molecule has 1 aromatic heterocycles. The molecule has 1 aromatic carbocycles. The van der Waals surface area contributed by atoms with Crippen LogP contribution in [-0.2, 0) is 4.79 Å². The van der Waals surface area contributed by atoms with E-state index in [9.17, 15) is 9.59 Å². The Morgan fingerprint density at radius 3 is 2.80 bits per heavy atom. The SMILES string of the molecule is C[C@@H](Sc1nc2ccccc2c(=O)n1C1CC1)C(=O)O. The van der Waals surface area contributed by atoms with E-state index in [1.807, 2.05) is 12.1 Å². The second-order valence-corrected chi connectivity index (χ2v) is 6.22. The number of carbonyl (C=O) groups is 1. The van der Waals surface area contributed by atoms with E-state index in [1.54, 1.807) is 23.6 Å². The second-order valence-electron chi connectivity index (χ2n) is 4.92. The Bertz CT molecular complexity index is 737. The Hall–Kier alpha value is -1.82. The molecule has 1 saturated carbocycles. The molecule has 1 aliphatic carbocycles. The minimum atomic E-state index is -0.903. The predicted molar refractivity (Wildman–Crippen MR) is 77.2 cm³/mol. The molecule has 0 aliphatic heterocycles. The van der Waals surface area contributed by atoms with Crippen LogP contribution in [0.1, 0.15) is 25.8 Å². The van der Waals surface area contributed by atoms with Crippen LogP contribution >= 0.6 is 11.8 Å². The van der Waals surface area contributed by atoms with Gasteiger partial charge in [0.15, 0.2) is 5.16 Å². The van der Waals surface area contributed by atoms with Crippen molar-refractivity contribution in [3.63, 3.8) is 0 Å². The van der Waals surface area contributed by atoms with E-state index in [1.165, 1.54) is 0 Å². The number of nitrogens with zero attached hydrogens (tertiary/aromatic N) is 2. The fourth-order valence-electron chi connectivity index (χ4n) is 2.07. The van der Waals surface area contributed by atoms with Crippen LogP contribution in [0.25, 0.3) is 10.9 Å². The number of para-hydroxylation sites is 1. The third kappa shape index (κ3) is 2.31. The van der Waals surface area contributed by atoms with Crippen molar-refractivity contribution in [1.82, 2.24) is 9.55 Å².